The molecule has 0 atom stereocenters. The van der Waals surface area contributed by atoms with Crippen LogP contribution in [0.4, 0.5) is 9.59 Å². The lowest BCUT2D eigenvalue weighted by Crippen LogP contribution is -2.53. The first-order valence-electron chi connectivity index (χ1n) is 8.38. The van der Waals surface area contributed by atoms with Crippen molar-refractivity contribution in [2.45, 2.75) is 51.8 Å². The van der Waals surface area contributed by atoms with Gasteiger partial charge in [-0.25, -0.2) is 9.59 Å². The van der Waals surface area contributed by atoms with Gasteiger partial charge in [0.1, 0.15) is 6.61 Å². The number of piperidine rings is 1. The van der Waals surface area contributed by atoms with Gasteiger partial charge in [0.25, 0.3) is 0 Å². The van der Waals surface area contributed by atoms with Gasteiger partial charge in [-0.1, -0.05) is 30.3 Å². The zero-order chi connectivity index (χ0) is 17.6. The molecule has 0 unspecified atom stereocenters. The van der Waals surface area contributed by atoms with E-state index in [1.165, 1.54) is 0 Å². The molecule has 1 fully saturated rings. The zero-order valence-corrected chi connectivity index (χ0v) is 14.7. The molecule has 0 aliphatic carbocycles. The van der Waals surface area contributed by atoms with Gasteiger partial charge in [-0.05, 0) is 39.2 Å². The predicted octanol–water partition coefficient (Wildman–Crippen LogP) is 2.89. The molecule has 2 N–H and O–H groups in total. The molecule has 2 rings (SSSR count). The van der Waals surface area contributed by atoms with E-state index in [0.29, 0.717) is 13.1 Å². The molecule has 1 saturated heterocycles. The molecule has 1 aromatic rings. The number of carbonyl (C=O) groups excluding carboxylic acids is 2. The highest BCUT2D eigenvalue weighted by Crippen LogP contribution is 2.12. The topological polar surface area (TPSA) is 70.7 Å². The minimum Gasteiger partial charge on any atom is -0.445 e. The van der Waals surface area contributed by atoms with E-state index in [1.807, 2.05) is 51.1 Å². The number of nitrogens with zero attached hydrogens (tertiary/aromatic N) is 1. The standard InChI is InChI=1S/C18H27N3O3/c1-18(2,3)20-16(22)21-11-9-15(10-12-21)19-17(23)24-13-14-7-5-4-6-8-14/h4-8,15H,9-13H2,1-3H3,(H,19,23)(H,20,22). The first kappa shape index (κ1) is 18.1. The number of hydrogen-bond acceptors (Lipinski definition) is 3. The Hall–Kier alpha value is -2.24. The van der Waals surface area contributed by atoms with Gasteiger partial charge in [0.05, 0.1) is 0 Å². The number of amides is 3. The molecule has 3 amide bonds. The summed E-state index contributed by atoms with van der Waals surface area (Å²) < 4.78 is 5.23. The molecule has 0 saturated carbocycles. The Balaban J connectivity index is 1.69. The van der Waals surface area contributed by atoms with Crippen LogP contribution in [0.1, 0.15) is 39.2 Å². The normalized spacial score (nSPS) is 15.7. The fourth-order valence-electron chi connectivity index (χ4n) is 2.56. The first-order chi connectivity index (χ1) is 11.3. The highest BCUT2D eigenvalue weighted by atomic mass is 16.5. The van der Waals surface area contributed by atoms with Crippen LogP contribution in [0.2, 0.25) is 0 Å². The molecule has 0 spiro atoms. The average molecular weight is 333 g/mol. The molecule has 1 aliphatic rings. The van der Waals surface area contributed by atoms with Gasteiger partial charge in [-0.2, -0.15) is 0 Å². The maximum absolute atomic E-state index is 12.1. The summed E-state index contributed by atoms with van der Waals surface area (Å²) in [6, 6.07) is 9.58. The van der Waals surface area contributed by atoms with Crippen LogP contribution in [-0.2, 0) is 11.3 Å². The minimum absolute atomic E-state index is 0.0481. The molecule has 0 bridgehead atoms. The molecule has 132 valence electrons. The molecule has 1 aromatic carbocycles. The number of alkyl carbamates (subject to hydrolysis) is 1. The largest absolute Gasteiger partial charge is 0.445 e. The van der Waals surface area contributed by atoms with E-state index in [-0.39, 0.29) is 24.2 Å². The molecule has 1 aliphatic heterocycles. The summed E-state index contributed by atoms with van der Waals surface area (Å²) in [6.07, 6.45) is 1.06. The second-order valence-corrected chi connectivity index (χ2v) is 7.15. The van der Waals surface area contributed by atoms with Crippen molar-refractivity contribution < 1.29 is 14.3 Å². The van der Waals surface area contributed by atoms with Crippen molar-refractivity contribution >= 4 is 12.1 Å². The number of hydrogen-bond donors (Lipinski definition) is 2. The second-order valence-electron chi connectivity index (χ2n) is 7.15. The Labute approximate surface area is 143 Å². The number of likely N-dealkylation sites (tertiary alicyclic amines) is 1. The van der Waals surface area contributed by atoms with Crippen LogP contribution in [0.15, 0.2) is 30.3 Å². The first-order valence-corrected chi connectivity index (χ1v) is 8.38. The van der Waals surface area contributed by atoms with Crippen LogP contribution >= 0.6 is 0 Å². The maximum atomic E-state index is 12.1. The molecular formula is C18H27N3O3. The van der Waals surface area contributed by atoms with Crippen molar-refractivity contribution in [1.82, 2.24) is 15.5 Å². The van der Waals surface area contributed by atoms with Gasteiger partial charge < -0.3 is 20.3 Å². The summed E-state index contributed by atoms with van der Waals surface area (Å²) in [5.41, 5.74) is 0.717. The van der Waals surface area contributed by atoms with Crippen molar-refractivity contribution in [3.8, 4) is 0 Å². The van der Waals surface area contributed by atoms with Gasteiger partial charge >= 0.3 is 12.1 Å². The molecular weight excluding hydrogens is 306 g/mol. The predicted molar refractivity (Wildman–Crippen MR) is 92.6 cm³/mol. The Morgan fingerprint density at radius 2 is 1.79 bits per heavy atom. The SMILES string of the molecule is CC(C)(C)NC(=O)N1CCC(NC(=O)OCc2ccccc2)CC1. The number of carbonyl (C=O) groups is 2. The summed E-state index contributed by atoms with van der Waals surface area (Å²) in [4.78, 5) is 25.8. The number of nitrogens with one attached hydrogen (secondary N) is 2. The summed E-state index contributed by atoms with van der Waals surface area (Å²) in [7, 11) is 0. The van der Waals surface area contributed by atoms with Gasteiger partial charge in [-0.15, -0.1) is 0 Å². The van der Waals surface area contributed by atoms with E-state index in [1.54, 1.807) is 4.90 Å². The van der Waals surface area contributed by atoms with E-state index in [0.717, 1.165) is 18.4 Å². The van der Waals surface area contributed by atoms with Crippen LogP contribution in [0.25, 0.3) is 0 Å². The molecule has 1 heterocycles. The average Bonchev–Trinajstić information content (AvgIpc) is 2.53. The van der Waals surface area contributed by atoms with Crippen molar-refractivity contribution in [2.24, 2.45) is 0 Å². The van der Waals surface area contributed by atoms with Crippen molar-refractivity contribution in [3.63, 3.8) is 0 Å². The van der Waals surface area contributed by atoms with E-state index in [2.05, 4.69) is 10.6 Å². The van der Waals surface area contributed by atoms with Crippen molar-refractivity contribution in [2.75, 3.05) is 13.1 Å². The van der Waals surface area contributed by atoms with Gasteiger partial charge in [-0.3, -0.25) is 0 Å². The lowest BCUT2D eigenvalue weighted by Gasteiger charge is -2.34. The molecule has 0 aromatic heterocycles. The van der Waals surface area contributed by atoms with Crippen molar-refractivity contribution in [1.29, 1.82) is 0 Å². The number of benzene rings is 1. The fourth-order valence-corrected chi connectivity index (χ4v) is 2.56. The summed E-state index contributed by atoms with van der Waals surface area (Å²) >= 11 is 0. The van der Waals surface area contributed by atoms with Crippen LogP contribution in [-0.4, -0.2) is 41.7 Å². The highest BCUT2D eigenvalue weighted by Gasteiger charge is 2.26. The van der Waals surface area contributed by atoms with Crippen LogP contribution in [0.5, 0.6) is 0 Å². The van der Waals surface area contributed by atoms with E-state index in [9.17, 15) is 9.59 Å². The van der Waals surface area contributed by atoms with E-state index >= 15 is 0 Å². The lowest BCUT2D eigenvalue weighted by molar-refractivity contribution is 0.127. The summed E-state index contributed by atoms with van der Waals surface area (Å²) in [5, 5.41) is 5.84. The molecule has 24 heavy (non-hydrogen) atoms. The molecule has 6 heteroatoms. The monoisotopic (exact) mass is 333 g/mol. The Morgan fingerprint density at radius 1 is 1.17 bits per heavy atom. The second kappa shape index (κ2) is 8.04. The van der Waals surface area contributed by atoms with Gasteiger partial charge in [0.15, 0.2) is 0 Å². The van der Waals surface area contributed by atoms with Crippen LogP contribution in [0.3, 0.4) is 0 Å². The zero-order valence-electron chi connectivity index (χ0n) is 14.7. The third-order valence-corrected chi connectivity index (χ3v) is 3.80. The molecule has 0 radical (unpaired) electrons. The third kappa shape index (κ3) is 6.10. The van der Waals surface area contributed by atoms with Gasteiger partial charge in [0.2, 0.25) is 0 Å². The third-order valence-electron chi connectivity index (χ3n) is 3.80. The summed E-state index contributed by atoms with van der Waals surface area (Å²) in [6.45, 7) is 7.41. The molecule has 6 nitrogen and oxygen atoms in total. The van der Waals surface area contributed by atoms with E-state index < -0.39 is 6.09 Å². The smallest absolute Gasteiger partial charge is 0.407 e. The van der Waals surface area contributed by atoms with Crippen LogP contribution in [0, 0.1) is 0 Å². The fraction of sp³-hybridized carbons (Fsp3) is 0.556. The lowest BCUT2D eigenvalue weighted by atomic mass is 10.1. The quantitative estimate of drug-likeness (QED) is 0.893. The maximum Gasteiger partial charge on any atom is 0.407 e. The minimum atomic E-state index is -0.406. The highest BCUT2D eigenvalue weighted by molar-refractivity contribution is 5.75. The number of ether oxygens (including phenoxy) is 1. The van der Waals surface area contributed by atoms with E-state index in [4.69, 9.17) is 4.74 Å². The number of rotatable bonds is 3. The van der Waals surface area contributed by atoms with Crippen LogP contribution < -0.4 is 10.6 Å². The summed E-state index contributed by atoms with van der Waals surface area (Å²) in [5.74, 6) is 0. The Bertz CT molecular complexity index is 546. The Kier molecular flexibility index (Phi) is 6.06. The van der Waals surface area contributed by atoms with Gasteiger partial charge in [0, 0.05) is 24.7 Å². The number of urea groups is 1. The Morgan fingerprint density at radius 3 is 2.38 bits per heavy atom. The van der Waals surface area contributed by atoms with Crippen molar-refractivity contribution in [3.05, 3.63) is 35.9 Å².